The molecule has 0 radical (unpaired) electrons. The minimum Gasteiger partial charge on any atom is -0.493 e. The van der Waals surface area contributed by atoms with Crippen molar-refractivity contribution < 1.29 is 13.9 Å². The second-order valence-electron chi connectivity index (χ2n) is 6.02. The smallest absolute Gasteiger partial charge is 0.336 e. The summed E-state index contributed by atoms with van der Waals surface area (Å²) in [7, 11) is 1.52. The zero-order valence-corrected chi connectivity index (χ0v) is 14.6. The van der Waals surface area contributed by atoms with Gasteiger partial charge in [-0.1, -0.05) is 30.3 Å². The van der Waals surface area contributed by atoms with Crippen molar-refractivity contribution in [2.24, 2.45) is 0 Å². The van der Waals surface area contributed by atoms with Gasteiger partial charge in [-0.05, 0) is 29.0 Å². The molecule has 3 aromatic carbocycles. The fourth-order valence-corrected chi connectivity index (χ4v) is 3.15. The average molecular weight is 357 g/mol. The molecule has 0 aliphatic heterocycles. The van der Waals surface area contributed by atoms with Crippen LogP contribution in [0.25, 0.3) is 21.7 Å². The summed E-state index contributed by atoms with van der Waals surface area (Å²) in [5, 5.41) is 11.9. The SMILES string of the molecule is COc1cc(C#N)ccc1OCc1cc(=O)oc2ccc3ccccc3c12. The van der Waals surface area contributed by atoms with Crippen LogP contribution in [0.3, 0.4) is 0 Å². The molecule has 0 bridgehead atoms. The van der Waals surface area contributed by atoms with Crippen LogP contribution in [0.15, 0.2) is 69.9 Å². The van der Waals surface area contributed by atoms with Gasteiger partial charge in [-0.2, -0.15) is 5.26 Å². The summed E-state index contributed by atoms with van der Waals surface area (Å²) in [6.45, 7) is 0.165. The zero-order chi connectivity index (χ0) is 18.8. The Morgan fingerprint density at radius 1 is 1.04 bits per heavy atom. The van der Waals surface area contributed by atoms with E-state index in [4.69, 9.17) is 19.2 Å². The predicted molar refractivity (Wildman–Crippen MR) is 102 cm³/mol. The Kier molecular flexibility index (Phi) is 4.23. The lowest BCUT2D eigenvalue weighted by Crippen LogP contribution is -2.05. The Morgan fingerprint density at radius 3 is 2.70 bits per heavy atom. The van der Waals surface area contributed by atoms with Crippen molar-refractivity contribution in [2.45, 2.75) is 6.61 Å². The molecule has 4 rings (SSSR count). The molecule has 5 nitrogen and oxygen atoms in total. The number of hydrogen-bond acceptors (Lipinski definition) is 5. The minimum absolute atomic E-state index is 0.165. The maximum atomic E-state index is 12.0. The van der Waals surface area contributed by atoms with Crippen molar-refractivity contribution in [3.8, 4) is 17.6 Å². The molecule has 0 saturated carbocycles. The van der Waals surface area contributed by atoms with Gasteiger partial charge in [-0.3, -0.25) is 0 Å². The van der Waals surface area contributed by atoms with Gasteiger partial charge in [0.1, 0.15) is 12.2 Å². The van der Waals surface area contributed by atoms with Crippen LogP contribution in [0, 0.1) is 11.3 Å². The van der Waals surface area contributed by atoms with E-state index in [0.29, 0.717) is 22.6 Å². The summed E-state index contributed by atoms with van der Waals surface area (Å²) in [4.78, 5) is 12.0. The third-order valence-electron chi connectivity index (χ3n) is 4.39. The van der Waals surface area contributed by atoms with Gasteiger partial charge in [0.25, 0.3) is 0 Å². The highest BCUT2D eigenvalue weighted by Crippen LogP contribution is 2.31. The Labute approximate surface area is 155 Å². The van der Waals surface area contributed by atoms with E-state index in [1.165, 1.54) is 13.2 Å². The van der Waals surface area contributed by atoms with Gasteiger partial charge in [0.2, 0.25) is 0 Å². The zero-order valence-electron chi connectivity index (χ0n) is 14.6. The molecule has 4 aromatic rings. The average Bonchev–Trinajstić information content (AvgIpc) is 2.71. The van der Waals surface area contributed by atoms with E-state index in [9.17, 15) is 4.79 Å². The van der Waals surface area contributed by atoms with Crippen molar-refractivity contribution >= 4 is 21.7 Å². The summed E-state index contributed by atoms with van der Waals surface area (Å²) in [6, 6.07) is 20.1. The molecule has 1 heterocycles. The summed E-state index contributed by atoms with van der Waals surface area (Å²) < 4.78 is 16.6. The molecule has 5 heteroatoms. The number of hydrogen-bond donors (Lipinski definition) is 0. The number of benzene rings is 3. The second-order valence-corrected chi connectivity index (χ2v) is 6.02. The summed E-state index contributed by atoms with van der Waals surface area (Å²) in [5.41, 5.74) is 1.30. The Hall–Kier alpha value is -3.78. The van der Waals surface area contributed by atoms with Crippen molar-refractivity contribution in [1.82, 2.24) is 0 Å². The van der Waals surface area contributed by atoms with E-state index < -0.39 is 5.63 Å². The van der Waals surface area contributed by atoms with Crippen LogP contribution in [0.4, 0.5) is 0 Å². The Morgan fingerprint density at radius 2 is 1.89 bits per heavy atom. The molecule has 1 aromatic heterocycles. The van der Waals surface area contributed by atoms with Crippen molar-refractivity contribution in [2.75, 3.05) is 7.11 Å². The van der Waals surface area contributed by atoms with E-state index in [1.54, 1.807) is 24.3 Å². The predicted octanol–water partition coefficient (Wildman–Crippen LogP) is 4.41. The molecular weight excluding hydrogens is 342 g/mol. The number of rotatable bonds is 4. The molecule has 0 unspecified atom stereocenters. The van der Waals surface area contributed by atoms with Crippen LogP contribution in [-0.4, -0.2) is 7.11 Å². The van der Waals surface area contributed by atoms with Gasteiger partial charge in [-0.15, -0.1) is 0 Å². The van der Waals surface area contributed by atoms with E-state index in [1.807, 2.05) is 30.3 Å². The van der Waals surface area contributed by atoms with Crippen LogP contribution in [-0.2, 0) is 6.61 Å². The van der Waals surface area contributed by atoms with Gasteiger partial charge in [0.15, 0.2) is 11.5 Å². The molecule has 0 spiro atoms. The number of fused-ring (bicyclic) bond motifs is 3. The van der Waals surface area contributed by atoms with Crippen LogP contribution in [0.5, 0.6) is 11.5 Å². The standard InChI is InChI=1S/C22H15NO4/c1-25-20-10-14(12-23)6-8-18(20)26-13-16-11-21(24)27-19-9-7-15-4-2-3-5-17(15)22(16)19/h2-11H,13H2,1H3. The monoisotopic (exact) mass is 357 g/mol. The van der Waals surface area contributed by atoms with Crippen LogP contribution in [0.2, 0.25) is 0 Å². The molecule has 0 N–H and O–H groups in total. The van der Waals surface area contributed by atoms with Gasteiger partial charge in [0.05, 0.1) is 18.7 Å². The van der Waals surface area contributed by atoms with E-state index in [-0.39, 0.29) is 6.61 Å². The topological polar surface area (TPSA) is 72.5 Å². The number of ether oxygens (including phenoxy) is 2. The molecule has 132 valence electrons. The second kappa shape index (κ2) is 6.85. The maximum absolute atomic E-state index is 12.0. The van der Waals surface area contributed by atoms with Gasteiger partial charge >= 0.3 is 5.63 Å². The fraction of sp³-hybridized carbons (Fsp3) is 0.0909. The first kappa shape index (κ1) is 16.7. The first-order valence-electron chi connectivity index (χ1n) is 8.35. The fourth-order valence-electron chi connectivity index (χ4n) is 3.15. The third-order valence-corrected chi connectivity index (χ3v) is 4.39. The van der Waals surface area contributed by atoms with Gasteiger partial charge in [0, 0.05) is 23.1 Å². The lowest BCUT2D eigenvalue weighted by Gasteiger charge is -2.13. The first-order chi connectivity index (χ1) is 13.2. The third kappa shape index (κ3) is 3.09. The van der Waals surface area contributed by atoms with Crippen LogP contribution < -0.4 is 15.1 Å². The molecule has 0 fully saturated rings. The van der Waals surface area contributed by atoms with Gasteiger partial charge in [-0.25, -0.2) is 4.79 Å². The normalized spacial score (nSPS) is 10.7. The molecule has 0 atom stereocenters. The van der Waals surface area contributed by atoms with Gasteiger partial charge < -0.3 is 13.9 Å². The van der Waals surface area contributed by atoms with E-state index in [0.717, 1.165) is 21.7 Å². The number of nitrogens with zero attached hydrogens (tertiary/aromatic N) is 1. The molecule has 27 heavy (non-hydrogen) atoms. The largest absolute Gasteiger partial charge is 0.493 e. The number of methoxy groups -OCH3 is 1. The van der Waals surface area contributed by atoms with Crippen molar-refractivity contribution in [3.63, 3.8) is 0 Å². The molecule has 0 aliphatic carbocycles. The van der Waals surface area contributed by atoms with Crippen molar-refractivity contribution in [1.29, 1.82) is 5.26 Å². The highest BCUT2D eigenvalue weighted by atomic mass is 16.5. The van der Waals surface area contributed by atoms with E-state index >= 15 is 0 Å². The minimum atomic E-state index is -0.428. The van der Waals surface area contributed by atoms with Crippen LogP contribution in [0.1, 0.15) is 11.1 Å². The Balaban J connectivity index is 1.79. The summed E-state index contributed by atoms with van der Waals surface area (Å²) in [6.07, 6.45) is 0. The molecule has 0 amide bonds. The van der Waals surface area contributed by atoms with E-state index in [2.05, 4.69) is 6.07 Å². The first-order valence-corrected chi connectivity index (χ1v) is 8.35. The lowest BCUT2D eigenvalue weighted by atomic mass is 10.0. The summed E-state index contributed by atoms with van der Waals surface area (Å²) >= 11 is 0. The quantitative estimate of drug-likeness (QED) is 0.400. The maximum Gasteiger partial charge on any atom is 0.336 e. The summed E-state index contributed by atoms with van der Waals surface area (Å²) in [5.74, 6) is 0.962. The highest BCUT2D eigenvalue weighted by molar-refractivity contribution is 6.07. The van der Waals surface area contributed by atoms with Crippen LogP contribution >= 0.6 is 0 Å². The Bertz CT molecular complexity index is 1250. The molecule has 0 saturated heterocycles. The highest BCUT2D eigenvalue weighted by Gasteiger charge is 2.12. The molecular formula is C22H15NO4. The number of nitriles is 1. The lowest BCUT2D eigenvalue weighted by molar-refractivity contribution is 0.285. The molecule has 0 aliphatic rings. The van der Waals surface area contributed by atoms with Crippen molar-refractivity contribution in [3.05, 3.63) is 82.2 Å².